The number of nitrogen functional groups attached to an aromatic ring is 1. The van der Waals surface area contributed by atoms with Gasteiger partial charge < -0.3 is 16.4 Å². The first kappa shape index (κ1) is 15.2. The highest BCUT2D eigenvalue weighted by molar-refractivity contribution is 5.76. The van der Waals surface area contributed by atoms with Crippen LogP contribution in [0.25, 0.3) is 0 Å². The molecule has 0 saturated heterocycles. The molecule has 0 bridgehead atoms. The Morgan fingerprint density at radius 3 is 2.79 bits per heavy atom. The molecule has 106 valence electrons. The number of amides is 1. The molecular formula is C13H23N5O. The summed E-state index contributed by atoms with van der Waals surface area (Å²) < 4.78 is 0. The number of aromatic nitrogens is 2. The van der Waals surface area contributed by atoms with Crippen molar-refractivity contribution in [3.8, 4) is 0 Å². The van der Waals surface area contributed by atoms with E-state index in [4.69, 9.17) is 5.73 Å². The van der Waals surface area contributed by atoms with Crippen LogP contribution in [-0.4, -0.2) is 29.0 Å². The van der Waals surface area contributed by atoms with Gasteiger partial charge in [0.25, 0.3) is 0 Å². The molecule has 0 aliphatic heterocycles. The Hall–Kier alpha value is -1.85. The van der Waals surface area contributed by atoms with E-state index >= 15 is 0 Å². The molecule has 1 aromatic heterocycles. The zero-order valence-corrected chi connectivity index (χ0v) is 11.9. The van der Waals surface area contributed by atoms with E-state index in [1.807, 2.05) is 6.92 Å². The van der Waals surface area contributed by atoms with Gasteiger partial charge in [0.15, 0.2) is 0 Å². The monoisotopic (exact) mass is 265 g/mol. The van der Waals surface area contributed by atoms with Gasteiger partial charge in [-0.05, 0) is 12.3 Å². The molecule has 6 heteroatoms. The Bertz CT molecular complexity index is 419. The average molecular weight is 265 g/mol. The van der Waals surface area contributed by atoms with Crippen LogP contribution in [0.5, 0.6) is 0 Å². The van der Waals surface area contributed by atoms with Crippen molar-refractivity contribution in [2.45, 2.75) is 33.6 Å². The number of rotatable bonds is 7. The summed E-state index contributed by atoms with van der Waals surface area (Å²) in [6.07, 6.45) is 2.60. The lowest BCUT2D eigenvalue weighted by Crippen LogP contribution is -2.28. The minimum atomic E-state index is 0.0428. The maximum absolute atomic E-state index is 11.6. The Morgan fingerprint density at radius 1 is 1.42 bits per heavy atom. The van der Waals surface area contributed by atoms with Crippen LogP contribution in [0.3, 0.4) is 0 Å². The molecule has 0 aliphatic rings. The van der Waals surface area contributed by atoms with E-state index in [0.717, 1.165) is 12.0 Å². The predicted molar refractivity (Wildman–Crippen MR) is 76.8 cm³/mol. The second-order valence-electron chi connectivity index (χ2n) is 4.81. The molecule has 19 heavy (non-hydrogen) atoms. The number of hydrogen-bond donors (Lipinski definition) is 3. The molecule has 0 atom stereocenters. The topological polar surface area (TPSA) is 92.9 Å². The second kappa shape index (κ2) is 7.56. The van der Waals surface area contributed by atoms with Crippen LogP contribution in [0.15, 0.2) is 6.33 Å². The van der Waals surface area contributed by atoms with Gasteiger partial charge in [0.1, 0.15) is 18.0 Å². The summed E-state index contributed by atoms with van der Waals surface area (Å²) in [5.74, 6) is 1.71. The van der Waals surface area contributed by atoms with Gasteiger partial charge in [0, 0.05) is 25.1 Å². The second-order valence-corrected chi connectivity index (χ2v) is 4.81. The standard InChI is InChI=1S/C13H23N5O/c1-4-10-12(14)17-8-18-13(10)15-6-5-11(19)16-7-9(2)3/h8-9H,4-7H2,1-3H3,(H,16,19)(H3,14,15,17,18). The predicted octanol–water partition coefficient (Wildman–Crippen LogP) is 1.20. The minimum absolute atomic E-state index is 0.0428. The molecule has 0 spiro atoms. The van der Waals surface area contributed by atoms with Gasteiger partial charge in [-0.1, -0.05) is 20.8 Å². The molecule has 1 rings (SSSR count). The van der Waals surface area contributed by atoms with Gasteiger partial charge in [-0.3, -0.25) is 4.79 Å². The maximum Gasteiger partial charge on any atom is 0.221 e. The van der Waals surface area contributed by atoms with Crippen LogP contribution in [0.1, 0.15) is 32.8 Å². The molecule has 0 radical (unpaired) electrons. The molecule has 6 nitrogen and oxygen atoms in total. The van der Waals surface area contributed by atoms with Crippen molar-refractivity contribution in [3.63, 3.8) is 0 Å². The summed E-state index contributed by atoms with van der Waals surface area (Å²) in [5.41, 5.74) is 6.67. The van der Waals surface area contributed by atoms with E-state index in [1.165, 1.54) is 6.33 Å². The molecule has 0 aliphatic carbocycles. The average Bonchev–Trinajstić information content (AvgIpc) is 2.36. The highest BCUT2D eigenvalue weighted by atomic mass is 16.1. The van der Waals surface area contributed by atoms with E-state index in [0.29, 0.717) is 37.1 Å². The summed E-state index contributed by atoms with van der Waals surface area (Å²) >= 11 is 0. The fourth-order valence-corrected chi connectivity index (χ4v) is 1.63. The molecule has 1 amide bonds. The molecule has 0 fully saturated rings. The molecule has 0 saturated carbocycles. The molecule has 1 aromatic rings. The molecule has 1 heterocycles. The number of carbonyl (C=O) groups excluding carboxylic acids is 1. The van der Waals surface area contributed by atoms with Gasteiger partial charge >= 0.3 is 0 Å². The highest BCUT2D eigenvalue weighted by Gasteiger charge is 2.07. The van der Waals surface area contributed by atoms with Gasteiger partial charge in [-0.15, -0.1) is 0 Å². The molecule has 0 unspecified atom stereocenters. The number of nitrogens with zero attached hydrogens (tertiary/aromatic N) is 2. The van der Waals surface area contributed by atoms with E-state index in [9.17, 15) is 4.79 Å². The highest BCUT2D eigenvalue weighted by Crippen LogP contribution is 2.17. The SMILES string of the molecule is CCc1c(N)ncnc1NCCC(=O)NCC(C)C. The summed E-state index contributed by atoms with van der Waals surface area (Å²) in [6.45, 7) is 7.37. The van der Waals surface area contributed by atoms with Gasteiger partial charge in [-0.2, -0.15) is 0 Å². The molecule has 4 N–H and O–H groups in total. The van der Waals surface area contributed by atoms with Gasteiger partial charge in [0.2, 0.25) is 5.91 Å². The lowest BCUT2D eigenvalue weighted by Gasteiger charge is -2.11. The van der Waals surface area contributed by atoms with Crippen molar-refractivity contribution in [1.29, 1.82) is 0 Å². The lowest BCUT2D eigenvalue weighted by atomic mass is 10.2. The maximum atomic E-state index is 11.6. The Labute approximate surface area is 114 Å². The Balaban J connectivity index is 2.41. The van der Waals surface area contributed by atoms with Crippen LogP contribution in [0, 0.1) is 5.92 Å². The first-order chi connectivity index (χ1) is 9.04. The number of anilines is 2. The summed E-state index contributed by atoms with van der Waals surface area (Å²) in [5, 5.41) is 6.00. The van der Waals surface area contributed by atoms with Crippen LogP contribution in [0.2, 0.25) is 0 Å². The fourth-order valence-electron chi connectivity index (χ4n) is 1.63. The summed E-state index contributed by atoms with van der Waals surface area (Å²) in [4.78, 5) is 19.6. The Kier molecular flexibility index (Phi) is 6.05. The number of nitrogens with one attached hydrogen (secondary N) is 2. The van der Waals surface area contributed by atoms with E-state index in [-0.39, 0.29) is 5.91 Å². The van der Waals surface area contributed by atoms with E-state index in [1.54, 1.807) is 0 Å². The van der Waals surface area contributed by atoms with E-state index in [2.05, 4.69) is 34.4 Å². The van der Waals surface area contributed by atoms with Crippen LogP contribution in [-0.2, 0) is 11.2 Å². The van der Waals surface area contributed by atoms with Crippen molar-refractivity contribution < 1.29 is 4.79 Å². The van der Waals surface area contributed by atoms with Crippen molar-refractivity contribution >= 4 is 17.5 Å². The Morgan fingerprint density at radius 2 is 2.16 bits per heavy atom. The quantitative estimate of drug-likeness (QED) is 0.688. The van der Waals surface area contributed by atoms with Crippen molar-refractivity contribution in [3.05, 3.63) is 11.9 Å². The third-order valence-corrected chi connectivity index (χ3v) is 2.68. The minimum Gasteiger partial charge on any atom is -0.383 e. The van der Waals surface area contributed by atoms with Crippen molar-refractivity contribution in [1.82, 2.24) is 15.3 Å². The van der Waals surface area contributed by atoms with E-state index < -0.39 is 0 Å². The molecular weight excluding hydrogens is 242 g/mol. The first-order valence-corrected chi connectivity index (χ1v) is 6.64. The first-order valence-electron chi connectivity index (χ1n) is 6.64. The largest absolute Gasteiger partial charge is 0.383 e. The molecule has 0 aromatic carbocycles. The zero-order chi connectivity index (χ0) is 14.3. The van der Waals surface area contributed by atoms with Crippen molar-refractivity contribution in [2.24, 2.45) is 5.92 Å². The number of hydrogen-bond acceptors (Lipinski definition) is 5. The van der Waals surface area contributed by atoms with Gasteiger partial charge in [0.05, 0.1) is 0 Å². The lowest BCUT2D eigenvalue weighted by molar-refractivity contribution is -0.120. The third-order valence-electron chi connectivity index (χ3n) is 2.68. The third kappa shape index (κ3) is 5.11. The van der Waals surface area contributed by atoms with Crippen LogP contribution in [0.4, 0.5) is 11.6 Å². The van der Waals surface area contributed by atoms with Gasteiger partial charge in [-0.25, -0.2) is 9.97 Å². The summed E-state index contributed by atoms with van der Waals surface area (Å²) in [6, 6.07) is 0. The summed E-state index contributed by atoms with van der Waals surface area (Å²) in [7, 11) is 0. The zero-order valence-electron chi connectivity index (χ0n) is 11.9. The number of nitrogens with two attached hydrogens (primary N) is 1. The normalized spacial score (nSPS) is 10.5. The van der Waals surface area contributed by atoms with Crippen LogP contribution < -0.4 is 16.4 Å². The smallest absolute Gasteiger partial charge is 0.221 e. The number of carbonyl (C=O) groups is 1. The van der Waals surface area contributed by atoms with Crippen molar-refractivity contribution in [2.75, 3.05) is 24.1 Å². The van der Waals surface area contributed by atoms with Crippen LogP contribution >= 0.6 is 0 Å². The fraction of sp³-hybridized carbons (Fsp3) is 0.615.